The van der Waals surface area contributed by atoms with Crippen LogP contribution >= 0.6 is 23.2 Å². The van der Waals surface area contributed by atoms with Crippen LogP contribution in [-0.4, -0.2) is 50.0 Å². The summed E-state index contributed by atoms with van der Waals surface area (Å²) in [4.78, 5) is 29.5. The third-order valence-electron chi connectivity index (χ3n) is 7.85. The van der Waals surface area contributed by atoms with E-state index in [1.807, 2.05) is 30.3 Å². The second-order valence-corrected chi connectivity index (χ2v) is 14.0. The summed E-state index contributed by atoms with van der Waals surface area (Å²) in [6, 6.07) is 18.9. The van der Waals surface area contributed by atoms with E-state index in [-0.39, 0.29) is 43.8 Å². The zero-order valence-corrected chi connectivity index (χ0v) is 27.1. The Morgan fingerprint density at radius 1 is 0.977 bits per heavy atom. The summed E-state index contributed by atoms with van der Waals surface area (Å²) in [5.74, 6) is -1.03. The van der Waals surface area contributed by atoms with Crippen molar-refractivity contribution >= 4 is 50.7 Å². The maximum absolute atomic E-state index is 14.0. The number of carbonyl (C=O) groups is 2. The molecule has 0 radical (unpaired) electrons. The Labute approximate surface area is 269 Å². The molecule has 0 saturated heterocycles. The highest BCUT2D eigenvalue weighted by Crippen LogP contribution is 2.26. The van der Waals surface area contributed by atoms with E-state index in [0.717, 1.165) is 48.2 Å². The molecule has 0 spiro atoms. The van der Waals surface area contributed by atoms with Crippen LogP contribution < -0.4 is 9.62 Å². The molecule has 0 aliphatic heterocycles. The molecule has 3 aromatic rings. The predicted octanol–water partition coefficient (Wildman–Crippen LogP) is 6.77. The molecule has 1 fully saturated rings. The van der Waals surface area contributed by atoms with Gasteiger partial charge < -0.3 is 10.2 Å². The maximum atomic E-state index is 14.0. The van der Waals surface area contributed by atoms with Gasteiger partial charge in [-0.2, -0.15) is 0 Å². The van der Waals surface area contributed by atoms with Gasteiger partial charge in [-0.1, -0.05) is 78.9 Å². The molecule has 1 aliphatic carbocycles. The fraction of sp³-hybridized carbons (Fsp3) is 0.394. The van der Waals surface area contributed by atoms with E-state index in [9.17, 15) is 22.4 Å². The van der Waals surface area contributed by atoms with Crippen LogP contribution in [0.25, 0.3) is 0 Å². The largest absolute Gasteiger partial charge is 0.352 e. The first kappa shape index (κ1) is 33.7. The first-order valence-corrected chi connectivity index (χ1v) is 17.4. The summed E-state index contributed by atoms with van der Waals surface area (Å²) in [5, 5.41) is 4.03. The third-order valence-corrected chi connectivity index (χ3v) is 9.63. The molecule has 0 heterocycles. The summed E-state index contributed by atoms with van der Waals surface area (Å²) < 4.78 is 39.8. The lowest BCUT2D eigenvalue weighted by molar-refractivity contribution is -0.141. The number of nitrogens with one attached hydrogen (secondary N) is 1. The van der Waals surface area contributed by atoms with Crippen molar-refractivity contribution in [2.24, 2.45) is 0 Å². The average Bonchev–Trinajstić information content (AvgIpc) is 2.99. The molecule has 4 rings (SSSR count). The fourth-order valence-electron chi connectivity index (χ4n) is 5.54. The molecule has 1 aliphatic rings. The SMILES string of the molecule is CS(=O)(=O)N(CCCC(=O)N(Cc1ccc(Cl)cc1Cl)C(Cc1ccccc1)C(=O)NC1CCCCC1)c1ccc(F)cc1. The lowest BCUT2D eigenvalue weighted by Crippen LogP contribution is -2.53. The lowest BCUT2D eigenvalue weighted by atomic mass is 9.94. The minimum atomic E-state index is -3.70. The van der Waals surface area contributed by atoms with E-state index in [1.54, 1.807) is 23.1 Å². The molecule has 11 heteroatoms. The molecule has 44 heavy (non-hydrogen) atoms. The number of hydrogen-bond donors (Lipinski definition) is 1. The molecule has 0 bridgehead atoms. The van der Waals surface area contributed by atoms with Crippen molar-refractivity contribution in [3.05, 3.63) is 99.8 Å². The molecule has 1 atom stereocenters. The van der Waals surface area contributed by atoms with Crippen LogP contribution in [0.15, 0.2) is 72.8 Å². The third kappa shape index (κ3) is 9.68. The molecule has 0 aromatic heterocycles. The number of halogens is 3. The van der Waals surface area contributed by atoms with E-state index < -0.39 is 21.9 Å². The number of benzene rings is 3. The zero-order valence-electron chi connectivity index (χ0n) is 24.7. The van der Waals surface area contributed by atoms with Crippen molar-refractivity contribution in [1.82, 2.24) is 10.2 Å². The molecule has 1 N–H and O–H groups in total. The molecule has 1 saturated carbocycles. The number of rotatable bonds is 13. The first-order valence-electron chi connectivity index (χ1n) is 14.8. The Morgan fingerprint density at radius 3 is 2.30 bits per heavy atom. The van der Waals surface area contributed by atoms with E-state index in [1.165, 1.54) is 24.3 Å². The average molecular weight is 663 g/mol. The number of carbonyl (C=O) groups excluding carboxylic acids is 2. The van der Waals surface area contributed by atoms with Crippen LogP contribution in [0.5, 0.6) is 0 Å². The monoisotopic (exact) mass is 661 g/mol. The maximum Gasteiger partial charge on any atom is 0.243 e. The Balaban J connectivity index is 1.61. The predicted molar refractivity (Wildman–Crippen MR) is 174 cm³/mol. The van der Waals surface area contributed by atoms with Gasteiger partial charge in [-0.05, 0) is 66.8 Å². The number of amides is 2. The Morgan fingerprint density at radius 2 is 1.66 bits per heavy atom. The van der Waals surface area contributed by atoms with Gasteiger partial charge in [0.25, 0.3) is 0 Å². The number of sulfonamides is 1. The highest BCUT2D eigenvalue weighted by Gasteiger charge is 2.32. The molecule has 2 amide bonds. The van der Waals surface area contributed by atoms with Crippen LogP contribution in [0.1, 0.15) is 56.1 Å². The van der Waals surface area contributed by atoms with Crippen LogP contribution in [0.3, 0.4) is 0 Å². The van der Waals surface area contributed by atoms with E-state index in [4.69, 9.17) is 23.2 Å². The molecule has 7 nitrogen and oxygen atoms in total. The summed E-state index contributed by atoms with van der Waals surface area (Å²) in [5.41, 5.74) is 1.84. The second kappa shape index (κ2) is 15.7. The van der Waals surface area contributed by atoms with Gasteiger partial charge in [-0.25, -0.2) is 12.8 Å². The van der Waals surface area contributed by atoms with Crippen molar-refractivity contribution < 1.29 is 22.4 Å². The van der Waals surface area contributed by atoms with Crippen LogP contribution in [0, 0.1) is 5.82 Å². The highest BCUT2D eigenvalue weighted by molar-refractivity contribution is 7.92. The van der Waals surface area contributed by atoms with E-state index >= 15 is 0 Å². The Hall–Kier alpha value is -3.14. The normalized spacial score (nSPS) is 14.5. The summed E-state index contributed by atoms with van der Waals surface area (Å²) in [6.07, 6.45) is 6.53. The second-order valence-electron chi connectivity index (χ2n) is 11.2. The van der Waals surface area contributed by atoms with Crippen molar-refractivity contribution in [3.8, 4) is 0 Å². The summed E-state index contributed by atoms with van der Waals surface area (Å²) in [7, 11) is -3.70. The highest BCUT2D eigenvalue weighted by atomic mass is 35.5. The van der Waals surface area contributed by atoms with Gasteiger partial charge in [0.15, 0.2) is 0 Å². The Bertz CT molecular complexity index is 1520. The number of anilines is 1. The van der Waals surface area contributed by atoms with Gasteiger partial charge in [0.2, 0.25) is 21.8 Å². The van der Waals surface area contributed by atoms with Crippen LogP contribution in [0.2, 0.25) is 10.0 Å². The van der Waals surface area contributed by atoms with Crippen LogP contribution in [-0.2, 0) is 32.6 Å². The van der Waals surface area contributed by atoms with Crippen molar-refractivity contribution in [3.63, 3.8) is 0 Å². The molecule has 1 unspecified atom stereocenters. The first-order chi connectivity index (χ1) is 21.0. The van der Waals surface area contributed by atoms with Gasteiger partial charge in [0.1, 0.15) is 11.9 Å². The van der Waals surface area contributed by atoms with E-state index in [0.29, 0.717) is 27.7 Å². The fourth-order valence-corrected chi connectivity index (χ4v) is 6.98. The van der Waals surface area contributed by atoms with Crippen molar-refractivity contribution in [2.45, 2.75) is 70.0 Å². The van der Waals surface area contributed by atoms with E-state index in [2.05, 4.69) is 5.32 Å². The quantitative estimate of drug-likeness (QED) is 0.219. The van der Waals surface area contributed by atoms with Crippen LogP contribution in [0.4, 0.5) is 10.1 Å². The zero-order chi connectivity index (χ0) is 31.7. The van der Waals surface area contributed by atoms with Gasteiger partial charge in [0.05, 0.1) is 11.9 Å². The number of hydrogen-bond acceptors (Lipinski definition) is 4. The summed E-state index contributed by atoms with van der Waals surface area (Å²) >= 11 is 12.7. The summed E-state index contributed by atoms with van der Waals surface area (Å²) in [6.45, 7) is 0.0710. The topological polar surface area (TPSA) is 86.8 Å². The van der Waals surface area contributed by atoms with Gasteiger partial charge in [-0.15, -0.1) is 0 Å². The van der Waals surface area contributed by atoms with Gasteiger partial charge in [0, 0.05) is 42.0 Å². The minimum Gasteiger partial charge on any atom is -0.352 e. The smallest absolute Gasteiger partial charge is 0.243 e. The molecular weight excluding hydrogens is 624 g/mol. The van der Waals surface area contributed by atoms with Gasteiger partial charge in [-0.3, -0.25) is 13.9 Å². The molecule has 236 valence electrons. The molecular formula is C33H38Cl2FN3O4S. The number of nitrogens with zero attached hydrogens (tertiary/aromatic N) is 2. The minimum absolute atomic E-state index is 0.00334. The standard InChI is InChI=1S/C33H38Cl2FN3O4S/c1-44(42,43)39(29-18-16-27(36)17-19-29)20-8-13-32(40)38(23-25-14-15-26(34)22-30(25)35)31(21-24-9-4-2-5-10-24)33(41)37-28-11-6-3-7-12-28/h2,4-5,9-10,14-19,22,28,31H,3,6-8,11-13,20-21,23H2,1H3,(H,37,41). The van der Waals surface area contributed by atoms with Gasteiger partial charge >= 0.3 is 0 Å². The van der Waals surface area contributed by atoms with Crippen molar-refractivity contribution in [2.75, 3.05) is 17.1 Å². The molecule has 3 aromatic carbocycles. The Kier molecular flexibility index (Phi) is 12.1. The van der Waals surface area contributed by atoms with Crippen molar-refractivity contribution in [1.29, 1.82) is 0 Å². The lowest BCUT2D eigenvalue weighted by Gasteiger charge is -2.34.